The quantitative estimate of drug-likeness (QED) is 0.215. The van der Waals surface area contributed by atoms with Gasteiger partial charge in [-0.1, -0.05) is 68.0 Å². The molecule has 11 heteroatoms. The van der Waals surface area contributed by atoms with Crippen molar-refractivity contribution in [3.8, 4) is 0 Å². The van der Waals surface area contributed by atoms with Gasteiger partial charge < -0.3 is 34.4 Å². The molecule has 1 spiro atoms. The predicted molar refractivity (Wildman–Crippen MR) is 169 cm³/mol. The number of rotatable bonds is 11. The summed E-state index contributed by atoms with van der Waals surface area (Å²) in [5.41, 5.74) is -0.694. The summed E-state index contributed by atoms with van der Waals surface area (Å²) in [5.74, 6) is -3.37. The minimum absolute atomic E-state index is 0.0501. The number of unbranched alkanes of at least 4 members (excludes halogenated alkanes) is 3. The van der Waals surface area contributed by atoms with Crippen LogP contribution in [0.15, 0.2) is 54.6 Å². The molecule has 0 aliphatic carbocycles. The number of cyclic esters (lactones) is 1. The average Bonchev–Trinajstić information content (AvgIpc) is 3.44. The third-order valence-corrected chi connectivity index (χ3v) is 9.48. The van der Waals surface area contributed by atoms with Gasteiger partial charge in [0.1, 0.15) is 23.7 Å². The zero-order valence-electron chi connectivity index (χ0n) is 26.8. The number of fused-ring (bicyclic) bond motifs is 2. The topological polar surface area (TPSA) is 135 Å². The van der Waals surface area contributed by atoms with Crippen molar-refractivity contribution in [2.45, 2.75) is 81.8 Å². The van der Waals surface area contributed by atoms with Crippen LogP contribution in [0.1, 0.15) is 63.5 Å². The van der Waals surface area contributed by atoms with E-state index in [4.69, 9.17) is 14.2 Å². The number of benzene rings is 1. The Labute approximate surface area is 270 Å². The van der Waals surface area contributed by atoms with E-state index < -0.39 is 47.7 Å². The van der Waals surface area contributed by atoms with Gasteiger partial charge in [0.2, 0.25) is 17.7 Å². The van der Waals surface area contributed by atoms with E-state index >= 15 is 0 Å². The van der Waals surface area contributed by atoms with Crippen molar-refractivity contribution in [2.75, 3.05) is 40.0 Å². The lowest BCUT2D eigenvalue weighted by molar-refractivity contribution is -0.162. The highest BCUT2D eigenvalue weighted by molar-refractivity contribution is 5.99. The average molecular weight is 638 g/mol. The number of carbonyl (C=O) groups is 4. The summed E-state index contributed by atoms with van der Waals surface area (Å²) in [7, 11) is 1.52. The summed E-state index contributed by atoms with van der Waals surface area (Å²) in [4.78, 5) is 59.6. The fraction of sp³-hybridized carbons (Fsp3) is 0.600. The highest BCUT2D eigenvalue weighted by atomic mass is 16.6. The van der Waals surface area contributed by atoms with E-state index in [1.165, 1.54) is 7.11 Å². The van der Waals surface area contributed by atoms with Gasteiger partial charge in [-0.05, 0) is 37.7 Å². The van der Waals surface area contributed by atoms with Crippen LogP contribution in [0.25, 0.3) is 0 Å². The van der Waals surface area contributed by atoms with Crippen molar-refractivity contribution < 1.29 is 38.5 Å². The zero-order chi connectivity index (χ0) is 32.7. The Balaban J connectivity index is 1.57. The molecule has 2 fully saturated rings. The number of nitrogens with zero attached hydrogens (tertiary/aromatic N) is 2. The van der Waals surface area contributed by atoms with E-state index in [-0.39, 0.29) is 37.4 Å². The fourth-order valence-electron chi connectivity index (χ4n) is 7.30. The molecule has 4 aliphatic rings. The number of aliphatic hydroxyl groups excluding tert-OH is 1. The standard InChI is InChI=1S/C35H47N3O8/c1-3-4-19-37-20-13-18-35-29(32(41)38(31(35)33(37)42)21-11-6-12-22-39)28-26(46-35)16-9-10-17-27(40)36-25(23-44-2)30(45-34(28)43)24-14-7-5-8-15-24/h5,7-9,13-16,18,25-26,28-31,39H,3-4,6,10-12,17,19-23H2,1-2H3,(H,36,40)/b16-9-/t25-,26-,28+,29+,30-,31-,35+/m1/s1. The number of allylic oxidation sites excluding steroid dienone is 1. The first kappa shape index (κ1) is 33.8. The monoisotopic (exact) mass is 637 g/mol. The number of esters is 1. The first-order chi connectivity index (χ1) is 22.4. The molecule has 5 rings (SSSR count). The van der Waals surface area contributed by atoms with Crippen LogP contribution in [-0.4, -0.2) is 102 Å². The Morgan fingerprint density at radius 1 is 1.02 bits per heavy atom. The lowest BCUT2D eigenvalue weighted by Gasteiger charge is -2.35. The maximum atomic E-state index is 14.5. The van der Waals surface area contributed by atoms with Crippen LogP contribution in [0.3, 0.4) is 0 Å². The minimum Gasteiger partial charge on any atom is -0.455 e. The van der Waals surface area contributed by atoms with Crippen molar-refractivity contribution in [2.24, 2.45) is 11.8 Å². The number of nitrogens with one attached hydrogen (secondary N) is 1. The molecule has 2 N–H and O–H groups in total. The van der Waals surface area contributed by atoms with E-state index in [1.54, 1.807) is 22.0 Å². The first-order valence-corrected chi connectivity index (χ1v) is 16.6. The molecular formula is C35H47N3O8. The number of ether oxygens (including phenoxy) is 3. The summed E-state index contributed by atoms with van der Waals surface area (Å²) in [6.45, 7) is 3.46. The minimum atomic E-state index is -1.37. The van der Waals surface area contributed by atoms with Crippen molar-refractivity contribution in [1.82, 2.24) is 15.1 Å². The molecule has 0 bridgehead atoms. The molecule has 1 aromatic carbocycles. The Hall–Kier alpha value is -3.54. The van der Waals surface area contributed by atoms with Crippen molar-refractivity contribution in [3.05, 3.63) is 60.2 Å². The summed E-state index contributed by atoms with van der Waals surface area (Å²) in [6.07, 6.45) is 9.74. The lowest BCUT2D eigenvalue weighted by Crippen LogP contribution is -2.55. The van der Waals surface area contributed by atoms with Gasteiger partial charge in [-0.2, -0.15) is 0 Å². The van der Waals surface area contributed by atoms with Crippen molar-refractivity contribution in [1.29, 1.82) is 0 Å². The molecular weight excluding hydrogens is 590 g/mol. The number of aliphatic hydroxyl groups is 1. The Morgan fingerprint density at radius 3 is 2.57 bits per heavy atom. The van der Waals surface area contributed by atoms with Crippen molar-refractivity contribution in [3.63, 3.8) is 0 Å². The van der Waals surface area contributed by atoms with Crippen LogP contribution in [0, 0.1) is 11.8 Å². The number of amides is 3. The highest BCUT2D eigenvalue weighted by Crippen LogP contribution is 2.53. The molecule has 11 nitrogen and oxygen atoms in total. The van der Waals surface area contributed by atoms with E-state index in [9.17, 15) is 24.3 Å². The lowest BCUT2D eigenvalue weighted by atomic mass is 9.77. The zero-order valence-corrected chi connectivity index (χ0v) is 26.8. The molecule has 0 saturated carbocycles. The maximum absolute atomic E-state index is 14.5. The molecule has 4 aliphatic heterocycles. The second-order valence-corrected chi connectivity index (χ2v) is 12.6. The van der Waals surface area contributed by atoms with E-state index in [0.29, 0.717) is 50.9 Å². The number of hydrogen-bond acceptors (Lipinski definition) is 8. The maximum Gasteiger partial charge on any atom is 0.313 e. The molecule has 0 unspecified atom stereocenters. The molecule has 3 amide bonds. The van der Waals surface area contributed by atoms with Crippen LogP contribution < -0.4 is 5.32 Å². The Morgan fingerprint density at radius 2 is 1.83 bits per heavy atom. The molecule has 250 valence electrons. The number of carbonyl (C=O) groups excluding carboxylic acids is 4. The number of likely N-dealkylation sites (tertiary alicyclic amines) is 1. The first-order valence-electron chi connectivity index (χ1n) is 16.6. The molecule has 46 heavy (non-hydrogen) atoms. The van der Waals surface area contributed by atoms with Gasteiger partial charge >= 0.3 is 5.97 Å². The fourth-order valence-corrected chi connectivity index (χ4v) is 7.30. The second kappa shape index (κ2) is 15.4. The van der Waals surface area contributed by atoms with Gasteiger partial charge in [-0.25, -0.2) is 0 Å². The summed E-state index contributed by atoms with van der Waals surface area (Å²) in [6, 6.07) is 7.55. The van der Waals surface area contributed by atoms with E-state index in [1.807, 2.05) is 42.5 Å². The molecule has 2 saturated heterocycles. The van der Waals surface area contributed by atoms with Crippen LogP contribution in [-0.2, 0) is 33.4 Å². The molecule has 0 radical (unpaired) electrons. The van der Waals surface area contributed by atoms with Crippen LogP contribution in [0.5, 0.6) is 0 Å². The molecule has 0 aromatic heterocycles. The third kappa shape index (κ3) is 6.77. The van der Waals surface area contributed by atoms with Gasteiger partial charge in [0.15, 0.2) is 0 Å². The summed E-state index contributed by atoms with van der Waals surface area (Å²) < 4.78 is 18.5. The van der Waals surface area contributed by atoms with Gasteiger partial charge in [0.05, 0.1) is 24.7 Å². The molecule has 4 heterocycles. The van der Waals surface area contributed by atoms with Gasteiger partial charge in [-0.3, -0.25) is 19.2 Å². The smallest absolute Gasteiger partial charge is 0.313 e. The SMILES string of the molecule is CCCCN1CC=C[C@]23O[C@@H]4/C=C\CCC(=O)N[C@H](COC)[C@@H](c5ccccc5)OC(=O)[C@@H]4[C@H]2C(=O)N(CCCCCO)[C@@H]3C1=O. The predicted octanol–water partition coefficient (Wildman–Crippen LogP) is 2.69. The van der Waals surface area contributed by atoms with Crippen LogP contribution in [0.2, 0.25) is 0 Å². The largest absolute Gasteiger partial charge is 0.455 e. The Kier molecular flexibility index (Phi) is 11.3. The summed E-state index contributed by atoms with van der Waals surface area (Å²) >= 11 is 0. The third-order valence-electron chi connectivity index (χ3n) is 9.48. The normalized spacial score (nSPS) is 32.1. The van der Waals surface area contributed by atoms with Crippen LogP contribution in [0.4, 0.5) is 0 Å². The highest BCUT2D eigenvalue weighted by Gasteiger charge is 2.71. The second-order valence-electron chi connectivity index (χ2n) is 12.6. The summed E-state index contributed by atoms with van der Waals surface area (Å²) in [5, 5.41) is 12.3. The van der Waals surface area contributed by atoms with E-state index in [2.05, 4.69) is 12.2 Å². The number of hydrogen-bond donors (Lipinski definition) is 2. The van der Waals surface area contributed by atoms with Crippen LogP contribution >= 0.6 is 0 Å². The van der Waals surface area contributed by atoms with E-state index in [0.717, 1.165) is 12.8 Å². The molecule has 1 aromatic rings. The van der Waals surface area contributed by atoms with Gasteiger partial charge in [-0.15, -0.1) is 0 Å². The Bertz CT molecular complexity index is 1300. The molecule has 7 atom stereocenters. The van der Waals surface area contributed by atoms with Crippen molar-refractivity contribution >= 4 is 23.7 Å². The van der Waals surface area contributed by atoms with Gasteiger partial charge in [0.25, 0.3) is 0 Å². The van der Waals surface area contributed by atoms with Gasteiger partial charge in [0, 0.05) is 39.8 Å². The number of methoxy groups -OCH3 is 1.